The van der Waals surface area contributed by atoms with Crippen LogP contribution in [0.4, 0.5) is 17.1 Å². The quantitative estimate of drug-likeness (QED) is 0.156. The molecule has 0 aliphatic carbocycles. The summed E-state index contributed by atoms with van der Waals surface area (Å²) >= 11 is 0. The molecule has 324 valence electrons. The van der Waals surface area contributed by atoms with Crippen LogP contribution in [-0.2, 0) is 5.41 Å². The molecule has 3 heterocycles. The van der Waals surface area contributed by atoms with Crippen LogP contribution in [0.1, 0.15) is 33.4 Å². The molecule has 0 N–H and O–H groups in total. The van der Waals surface area contributed by atoms with E-state index in [0.717, 1.165) is 44.3 Å². The minimum atomic E-state index is -0.643. The van der Waals surface area contributed by atoms with Crippen LogP contribution in [0.5, 0.6) is 0 Å². The molecule has 0 bridgehead atoms. The fourth-order valence-corrected chi connectivity index (χ4v) is 11.4. The van der Waals surface area contributed by atoms with Crippen LogP contribution >= 0.6 is 0 Å². The zero-order valence-corrected chi connectivity index (χ0v) is 38.1. The fourth-order valence-electron chi connectivity index (χ4n) is 11.4. The Morgan fingerprint density at radius 3 is 1.59 bits per heavy atom. The molecule has 0 saturated carbocycles. The highest BCUT2D eigenvalue weighted by molar-refractivity contribution is 6.27. The van der Waals surface area contributed by atoms with Gasteiger partial charge in [0.1, 0.15) is 0 Å². The van der Waals surface area contributed by atoms with Crippen LogP contribution < -0.4 is 4.90 Å². The Morgan fingerprint density at radius 2 is 0.942 bits per heavy atom. The second-order valence-electron chi connectivity index (χ2n) is 18.5. The van der Waals surface area contributed by atoms with Gasteiger partial charge in [-0.3, -0.25) is 4.57 Å². The number of nitrogens with zero attached hydrogens (tertiary/aromatic N) is 5. The van der Waals surface area contributed by atoms with Crippen molar-refractivity contribution in [2.24, 2.45) is 0 Å². The van der Waals surface area contributed by atoms with E-state index in [1.807, 2.05) is 18.2 Å². The lowest BCUT2D eigenvalue weighted by atomic mass is 9.61. The van der Waals surface area contributed by atoms with Crippen LogP contribution in [0.3, 0.4) is 0 Å². The first kappa shape index (κ1) is 39.3. The second-order valence-corrected chi connectivity index (χ2v) is 18.5. The number of aryl methyl sites for hydroxylation is 2. The standard InChI is InChI=1S/C64H43N5/c1-40-23-32-47(33-24-40)64(48-34-25-41(2)26-35-48)53-19-8-11-22-57(53)68(60-52-38-31-43-16-12-15-42-27-28-46(39-54(60)64)59(52)58(42)43)49-36-29-45(30-37-49)62-65-61(44-13-4-3-5-14-44)66-63(67-62)69-55-20-9-6-17-50(55)51-18-7-10-21-56(51)69/h3-39H,1-2H3. The lowest BCUT2D eigenvalue weighted by molar-refractivity contribution is 0.733. The lowest BCUT2D eigenvalue weighted by Gasteiger charge is -2.47. The van der Waals surface area contributed by atoms with Gasteiger partial charge < -0.3 is 4.90 Å². The van der Waals surface area contributed by atoms with Gasteiger partial charge in [0.2, 0.25) is 5.95 Å². The van der Waals surface area contributed by atoms with Crippen molar-refractivity contribution in [2.45, 2.75) is 19.3 Å². The molecule has 5 nitrogen and oxygen atoms in total. The third-order valence-electron chi connectivity index (χ3n) is 14.6. The minimum absolute atomic E-state index is 0.576. The first-order valence-electron chi connectivity index (χ1n) is 23.7. The Balaban J connectivity index is 1.02. The van der Waals surface area contributed by atoms with E-state index in [1.54, 1.807) is 0 Å². The molecule has 13 aromatic rings. The summed E-state index contributed by atoms with van der Waals surface area (Å²) in [7, 11) is 0. The van der Waals surface area contributed by atoms with Gasteiger partial charge in [-0.15, -0.1) is 0 Å². The summed E-state index contributed by atoms with van der Waals surface area (Å²) in [6.45, 7) is 4.35. The second kappa shape index (κ2) is 15.0. The monoisotopic (exact) mass is 881 g/mol. The highest BCUT2D eigenvalue weighted by Gasteiger charge is 2.47. The van der Waals surface area contributed by atoms with E-state index in [0.29, 0.717) is 17.6 Å². The first-order chi connectivity index (χ1) is 34.0. The zero-order chi connectivity index (χ0) is 45.8. The van der Waals surface area contributed by atoms with E-state index in [2.05, 4.69) is 230 Å². The number of benzene rings is 11. The smallest absolute Gasteiger partial charge is 0.238 e. The molecule has 0 spiro atoms. The molecule has 5 heteroatoms. The van der Waals surface area contributed by atoms with Crippen molar-refractivity contribution in [1.29, 1.82) is 0 Å². The number of anilines is 3. The lowest BCUT2D eigenvalue weighted by Crippen LogP contribution is -2.38. The number of aromatic nitrogens is 4. The van der Waals surface area contributed by atoms with Crippen molar-refractivity contribution >= 4 is 71.2 Å². The average molecular weight is 882 g/mol. The molecule has 0 fully saturated rings. The summed E-state index contributed by atoms with van der Waals surface area (Å²) in [6.07, 6.45) is 0. The fraction of sp³-hybridized carbons (Fsp3) is 0.0469. The molecular formula is C64H43N5. The van der Waals surface area contributed by atoms with Crippen molar-refractivity contribution in [3.63, 3.8) is 0 Å². The van der Waals surface area contributed by atoms with Crippen molar-refractivity contribution in [3.8, 4) is 28.7 Å². The van der Waals surface area contributed by atoms with Crippen molar-refractivity contribution in [1.82, 2.24) is 19.5 Å². The van der Waals surface area contributed by atoms with Gasteiger partial charge in [-0.05, 0) is 112 Å². The summed E-state index contributed by atoms with van der Waals surface area (Å²) in [4.78, 5) is 18.2. The van der Waals surface area contributed by atoms with E-state index >= 15 is 0 Å². The van der Waals surface area contributed by atoms with Crippen LogP contribution in [0.2, 0.25) is 0 Å². The third-order valence-corrected chi connectivity index (χ3v) is 14.6. The van der Waals surface area contributed by atoms with Crippen molar-refractivity contribution in [3.05, 3.63) is 258 Å². The number of para-hydroxylation sites is 3. The van der Waals surface area contributed by atoms with E-state index in [-0.39, 0.29) is 0 Å². The van der Waals surface area contributed by atoms with Crippen molar-refractivity contribution < 1.29 is 0 Å². The highest BCUT2D eigenvalue weighted by Crippen LogP contribution is 2.60. The molecule has 1 aliphatic rings. The number of hydrogen-bond donors (Lipinski definition) is 0. The predicted octanol–water partition coefficient (Wildman–Crippen LogP) is 16.0. The Morgan fingerprint density at radius 1 is 0.391 bits per heavy atom. The Bertz CT molecular complexity index is 4020. The van der Waals surface area contributed by atoms with E-state index in [4.69, 9.17) is 15.0 Å². The molecule has 0 saturated heterocycles. The summed E-state index contributed by atoms with van der Waals surface area (Å²) in [5.74, 6) is 1.80. The maximum atomic E-state index is 5.30. The van der Waals surface area contributed by atoms with Gasteiger partial charge in [0.15, 0.2) is 11.6 Å². The number of rotatable bonds is 6. The van der Waals surface area contributed by atoms with Gasteiger partial charge in [-0.1, -0.05) is 187 Å². The average Bonchev–Trinajstić information content (AvgIpc) is 3.75. The Hall–Kier alpha value is -8.93. The van der Waals surface area contributed by atoms with Gasteiger partial charge in [-0.25, -0.2) is 4.98 Å². The molecule has 0 unspecified atom stereocenters. The normalized spacial score (nSPS) is 13.2. The van der Waals surface area contributed by atoms with Gasteiger partial charge in [0.25, 0.3) is 0 Å². The van der Waals surface area contributed by atoms with E-state index < -0.39 is 5.41 Å². The van der Waals surface area contributed by atoms with Gasteiger partial charge in [0.05, 0.1) is 27.8 Å². The predicted molar refractivity (Wildman–Crippen MR) is 285 cm³/mol. The molecule has 0 atom stereocenters. The van der Waals surface area contributed by atoms with E-state index in [1.165, 1.54) is 71.4 Å². The topological polar surface area (TPSA) is 46.8 Å². The minimum Gasteiger partial charge on any atom is -0.309 e. The Labute approximate surface area is 399 Å². The summed E-state index contributed by atoms with van der Waals surface area (Å²) in [5.41, 5.74) is 14.0. The molecule has 14 rings (SSSR count). The molecule has 1 aliphatic heterocycles. The maximum absolute atomic E-state index is 5.30. The highest BCUT2D eigenvalue weighted by atomic mass is 15.2. The molecular weight excluding hydrogens is 839 g/mol. The zero-order valence-electron chi connectivity index (χ0n) is 38.1. The third kappa shape index (κ3) is 5.80. The van der Waals surface area contributed by atoms with Crippen LogP contribution in [0.15, 0.2) is 224 Å². The van der Waals surface area contributed by atoms with Crippen LogP contribution in [-0.4, -0.2) is 19.5 Å². The molecule has 0 radical (unpaired) electrons. The van der Waals surface area contributed by atoms with Gasteiger partial charge in [0, 0.05) is 33.0 Å². The molecule has 2 aromatic heterocycles. The van der Waals surface area contributed by atoms with Gasteiger partial charge in [-0.2, -0.15) is 9.97 Å². The summed E-state index contributed by atoms with van der Waals surface area (Å²) < 4.78 is 2.17. The molecule has 0 amide bonds. The molecule has 11 aromatic carbocycles. The summed E-state index contributed by atoms with van der Waals surface area (Å²) in [5, 5.41) is 9.82. The number of hydrogen-bond acceptors (Lipinski definition) is 4. The van der Waals surface area contributed by atoms with Crippen LogP contribution in [0, 0.1) is 13.8 Å². The van der Waals surface area contributed by atoms with Crippen LogP contribution in [0.25, 0.3) is 82.8 Å². The molecule has 69 heavy (non-hydrogen) atoms. The summed E-state index contributed by atoms with van der Waals surface area (Å²) in [6, 6.07) is 81.9. The maximum Gasteiger partial charge on any atom is 0.238 e. The first-order valence-corrected chi connectivity index (χ1v) is 23.7. The SMILES string of the molecule is Cc1ccc(C2(c3ccc(C)cc3)c3ccccc3N(c3ccc(-c4nc(-c5ccccc5)nc(-n5c6ccccc6c6ccccc65)n4)cc3)c3c2cc2ccc4cccc5ccc3c2c45)cc1. The van der Waals surface area contributed by atoms with Gasteiger partial charge >= 0.3 is 0 Å². The number of fused-ring (bicyclic) bond motifs is 6. The Kier molecular flexibility index (Phi) is 8.56. The van der Waals surface area contributed by atoms with E-state index in [9.17, 15) is 0 Å². The largest absolute Gasteiger partial charge is 0.309 e. The van der Waals surface area contributed by atoms with Crippen molar-refractivity contribution in [2.75, 3.05) is 4.90 Å².